The van der Waals surface area contributed by atoms with E-state index in [1.54, 1.807) is 30.3 Å². The van der Waals surface area contributed by atoms with Gasteiger partial charge in [0, 0.05) is 24.7 Å². The van der Waals surface area contributed by atoms with Crippen molar-refractivity contribution in [3.8, 4) is 0 Å². The number of piperidine rings is 1. The Morgan fingerprint density at radius 3 is 2.75 bits per heavy atom. The van der Waals surface area contributed by atoms with E-state index in [0.717, 1.165) is 0 Å². The number of carbonyl (C=O) groups is 1. The van der Waals surface area contributed by atoms with Crippen LogP contribution in [-0.2, 0) is 21.2 Å². The van der Waals surface area contributed by atoms with Gasteiger partial charge in [-0.3, -0.25) is 4.79 Å². The summed E-state index contributed by atoms with van der Waals surface area (Å²) in [5, 5.41) is 3.15. The lowest BCUT2D eigenvalue weighted by atomic mass is 9.99. The van der Waals surface area contributed by atoms with Crippen LogP contribution in [0.2, 0.25) is 5.02 Å². The molecule has 1 fully saturated rings. The summed E-state index contributed by atoms with van der Waals surface area (Å²) in [6.45, 7) is 0.797. The Balaban J connectivity index is 1.59. The second-order valence-corrected chi connectivity index (χ2v) is 9.17. The first-order valence-corrected chi connectivity index (χ1v) is 11.0. The normalized spacial score (nSPS) is 18.0. The minimum absolute atomic E-state index is 0.125. The lowest BCUT2D eigenvalue weighted by Crippen LogP contribution is -2.45. The zero-order valence-electron chi connectivity index (χ0n) is 15.3. The molecule has 5 nitrogen and oxygen atoms in total. The first-order chi connectivity index (χ1) is 13.4. The summed E-state index contributed by atoms with van der Waals surface area (Å²) in [7, 11) is -3.70. The van der Waals surface area contributed by atoms with Gasteiger partial charge in [0.2, 0.25) is 15.9 Å². The fourth-order valence-corrected chi connectivity index (χ4v) is 5.14. The molecule has 3 rings (SSSR count). The van der Waals surface area contributed by atoms with Crippen LogP contribution < -0.4 is 5.32 Å². The quantitative estimate of drug-likeness (QED) is 0.774. The minimum Gasteiger partial charge on any atom is -0.355 e. The number of halogens is 2. The van der Waals surface area contributed by atoms with E-state index in [1.807, 2.05) is 0 Å². The maximum Gasteiger partial charge on any atom is 0.243 e. The number of hydrogen-bond acceptors (Lipinski definition) is 3. The number of benzene rings is 2. The van der Waals surface area contributed by atoms with Crippen LogP contribution in [0, 0.1) is 11.7 Å². The first-order valence-electron chi connectivity index (χ1n) is 9.15. The molecular formula is C20H22ClFN2O3S. The van der Waals surface area contributed by atoms with Crippen molar-refractivity contribution in [3.63, 3.8) is 0 Å². The van der Waals surface area contributed by atoms with Crippen LogP contribution in [0.15, 0.2) is 53.4 Å². The van der Waals surface area contributed by atoms with Crippen LogP contribution >= 0.6 is 11.6 Å². The molecule has 2 aromatic rings. The summed E-state index contributed by atoms with van der Waals surface area (Å²) >= 11 is 5.91. The van der Waals surface area contributed by atoms with Gasteiger partial charge in [-0.25, -0.2) is 12.8 Å². The summed E-state index contributed by atoms with van der Waals surface area (Å²) in [6, 6.07) is 12.6. The third kappa shape index (κ3) is 4.90. The van der Waals surface area contributed by atoms with Gasteiger partial charge >= 0.3 is 0 Å². The van der Waals surface area contributed by atoms with Crippen molar-refractivity contribution in [2.45, 2.75) is 24.2 Å². The van der Waals surface area contributed by atoms with Gasteiger partial charge in [0.15, 0.2) is 0 Å². The van der Waals surface area contributed by atoms with Crippen molar-refractivity contribution in [1.29, 1.82) is 0 Å². The summed E-state index contributed by atoms with van der Waals surface area (Å²) in [6.07, 6.45) is 1.61. The summed E-state index contributed by atoms with van der Waals surface area (Å²) in [4.78, 5) is 12.6. The second kappa shape index (κ2) is 9.03. The molecule has 0 bridgehead atoms. The smallest absolute Gasteiger partial charge is 0.243 e. The third-order valence-corrected chi connectivity index (χ3v) is 6.94. The molecule has 150 valence electrons. The van der Waals surface area contributed by atoms with E-state index in [2.05, 4.69) is 5.32 Å². The van der Waals surface area contributed by atoms with Crippen molar-refractivity contribution in [3.05, 3.63) is 64.9 Å². The van der Waals surface area contributed by atoms with Gasteiger partial charge in [-0.2, -0.15) is 4.31 Å². The molecule has 1 aliphatic heterocycles. The van der Waals surface area contributed by atoms with Crippen LogP contribution in [0.3, 0.4) is 0 Å². The largest absolute Gasteiger partial charge is 0.355 e. The van der Waals surface area contributed by atoms with Crippen LogP contribution in [0.5, 0.6) is 0 Å². The molecule has 0 saturated carbocycles. The van der Waals surface area contributed by atoms with Crippen LogP contribution in [0.4, 0.5) is 4.39 Å². The Labute approximate surface area is 169 Å². The van der Waals surface area contributed by atoms with Gasteiger partial charge in [0.25, 0.3) is 0 Å². The standard InChI is InChI=1S/C20H22ClFN2O3S/c21-17-7-3-8-18(13-17)28(26,27)24-12-4-6-16(14-24)20(25)23-11-10-15-5-1-2-9-19(15)22/h1-3,5,7-9,13,16H,4,6,10-12,14H2,(H,23,25). The maximum atomic E-state index is 13.6. The SMILES string of the molecule is O=C(NCCc1ccccc1F)C1CCCN(S(=O)(=O)c2cccc(Cl)c2)C1. The fraction of sp³-hybridized carbons (Fsp3) is 0.350. The number of amides is 1. The number of hydrogen-bond donors (Lipinski definition) is 1. The minimum atomic E-state index is -3.70. The van der Waals surface area contributed by atoms with Crippen molar-refractivity contribution < 1.29 is 17.6 Å². The Hall–Kier alpha value is -1.96. The molecule has 0 aliphatic carbocycles. The average Bonchev–Trinajstić information content (AvgIpc) is 2.69. The van der Waals surface area contributed by atoms with E-state index in [-0.39, 0.29) is 23.2 Å². The molecule has 1 saturated heterocycles. The van der Waals surface area contributed by atoms with Crippen molar-refractivity contribution in [2.24, 2.45) is 5.92 Å². The van der Waals surface area contributed by atoms with Gasteiger partial charge in [0.05, 0.1) is 10.8 Å². The monoisotopic (exact) mass is 424 g/mol. The lowest BCUT2D eigenvalue weighted by Gasteiger charge is -2.31. The summed E-state index contributed by atoms with van der Waals surface area (Å²) < 4.78 is 40.7. The van der Waals surface area contributed by atoms with Crippen LogP contribution in [0.25, 0.3) is 0 Å². The molecule has 1 heterocycles. The van der Waals surface area contributed by atoms with E-state index in [1.165, 1.54) is 22.5 Å². The topological polar surface area (TPSA) is 66.5 Å². The third-order valence-electron chi connectivity index (χ3n) is 4.84. The first kappa shape index (κ1) is 20.8. The molecule has 28 heavy (non-hydrogen) atoms. The van der Waals surface area contributed by atoms with Gasteiger partial charge in [-0.05, 0) is 49.1 Å². The van der Waals surface area contributed by atoms with E-state index < -0.39 is 15.9 Å². The Morgan fingerprint density at radius 1 is 1.21 bits per heavy atom. The van der Waals surface area contributed by atoms with E-state index in [4.69, 9.17) is 11.6 Å². The molecule has 2 aromatic carbocycles. The molecular weight excluding hydrogens is 403 g/mol. The van der Waals surface area contributed by atoms with Crippen molar-refractivity contribution >= 4 is 27.5 Å². The number of carbonyl (C=O) groups excluding carboxylic acids is 1. The zero-order valence-corrected chi connectivity index (χ0v) is 16.8. The Kier molecular flexibility index (Phi) is 6.69. The maximum absolute atomic E-state index is 13.6. The highest BCUT2D eigenvalue weighted by atomic mass is 35.5. The fourth-order valence-electron chi connectivity index (χ4n) is 3.32. The van der Waals surface area contributed by atoms with E-state index in [0.29, 0.717) is 42.9 Å². The van der Waals surface area contributed by atoms with Crippen molar-refractivity contribution in [1.82, 2.24) is 9.62 Å². The molecule has 1 atom stereocenters. The predicted octanol–water partition coefficient (Wildman–Crippen LogP) is 3.24. The molecule has 0 radical (unpaired) electrons. The van der Waals surface area contributed by atoms with Gasteiger partial charge < -0.3 is 5.32 Å². The molecule has 0 aromatic heterocycles. The number of sulfonamides is 1. The highest BCUT2D eigenvalue weighted by Gasteiger charge is 2.33. The molecule has 0 spiro atoms. The number of rotatable bonds is 6. The second-order valence-electron chi connectivity index (χ2n) is 6.79. The Bertz CT molecular complexity index is 952. The van der Waals surface area contributed by atoms with Crippen LogP contribution in [0.1, 0.15) is 18.4 Å². The Morgan fingerprint density at radius 2 is 2.00 bits per heavy atom. The number of nitrogens with zero attached hydrogens (tertiary/aromatic N) is 1. The zero-order chi connectivity index (χ0) is 20.1. The van der Waals surface area contributed by atoms with Crippen LogP contribution in [-0.4, -0.2) is 38.3 Å². The molecule has 1 N–H and O–H groups in total. The van der Waals surface area contributed by atoms with Gasteiger partial charge in [-0.15, -0.1) is 0 Å². The van der Waals surface area contributed by atoms with Gasteiger partial charge in [-0.1, -0.05) is 35.9 Å². The molecule has 1 amide bonds. The molecule has 8 heteroatoms. The molecule has 1 unspecified atom stereocenters. The lowest BCUT2D eigenvalue weighted by molar-refractivity contribution is -0.126. The summed E-state index contributed by atoms with van der Waals surface area (Å²) in [5.74, 6) is -0.932. The van der Waals surface area contributed by atoms with E-state index in [9.17, 15) is 17.6 Å². The summed E-state index contributed by atoms with van der Waals surface area (Å²) in [5.41, 5.74) is 0.539. The predicted molar refractivity (Wildman–Crippen MR) is 106 cm³/mol. The molecule has 1 aliphatic rings. The number of nitrogens with one attached hydrogen (secondary N) is 1. The van der Waals surface area contributed by atoms with E-state index >= 15 is 0 Å². The van der Waals surface area contributed by atoms with Crippen molar-refractivity contribution in [2.75, 3.05) is 19.6 Å². The average molecular weight is 425 g/mol. The van der Waals surface area contributed by atoms with Gasteiger partial charge in [0.1, 0.15) is 5.82 Å². The highest BCUT2D eigenvalue weighted by molar-refractivity contribution is 7.89. The highest BCUT2D eigenvalue weighted by Crippen LogP contribution is 2.25.